The lowest BCUT2D eigenvalue weighted by atomic mass is 9.78. The Balaban J connectivity index is 2.46. The molecule has 1 aromatic rings. The highest BCUT2D eigenvalue weighted by molar-refractivity contribution is 6.58. The van der Waals surface area contributed by atoms with E-state index >= 15 is 0 Å². The summed E-state index contributed by atoms with van der Waals surface area (Å²) in [6.07, 6.45) is 0. The van der Waals surface area contributed by atoms with Gasteiger partial charge in [-0.3, -0.25) is 4.79 Å². The molecule has 2 rings (SSSR count). The molecule has 0 unspecified atom stereocenters. The molecule has 1 aliphatic rings. The molecule has 0 saturated carbocycles. The van der Waals surface area contributed by atoms with Crippen molar-refractivity contribution < 1.29 is 19.2 Å². The SMILES string of the molecule is CC(C)N1Cc2cc(B(O)O)c(F)cc2C1=O. The minimum Gasteiger partial charge on any atom is -0.423 e. The molecule has 0 aliphatic carbocycles. The molecular weight excluding hydrogens is 224 g/mol. The smallest absolute Gasteiger partial charge is 0.423 e. The van der Waals surface area contributed by atoms with Crippen LogP contribution < -0.4 is 5.46 Å². The normalized spacial score (nSPS) is 14.5. The Kier molecular flexibility index (Phi) is 2.93. The van der Waals surface area contributed by atoms with Crippen molar-refractivity contribution in [1.29, 1.82) is 0 Å². The van der Waals surface area contributed by atoms with Gasteiger partial charge in [-0.05, 0) is 25.5 Å². The summed E-state index contributed by atoms with van der Waals surface area (Å²) in [5.74, 6) is -0.981. The molecule has 0 saturated heterocycles. The van der Waals surface area contributed by atoms with E-state index < -0.39 is 12.9 Å². The number of hydrogen-bond donors (Lipinski definition) is 2. The largest absolute Gasteiger partial charge is 0.491 e. The van der Waals surface area contributed by atoms with E-state index in [1.807, 2.05) is 13.8 Å². The first-order valence-electron chi connectivity index (χ1n) is 5.41. The number of halogens is 1. The maximum Gasteiger partial charge on any atom is 0.491 e. The number of amides is 1. The van der Waals surface area contributed by atoms with Gasteiger partial charge in [0.2, 0.25) is 0 Å². The first-order chi connectivity index (χ1) is 7.91. The summed E-state index contributed by atoms with van der Waals surface area (Å²) in [6, 6.07) is 2.45. The molecular formula is C11H13BFNO3. The van der Waals surface area contributed by atoms with Crippen LogP contribution in [0.3, 0.4) is 0 Å². The van der Waals surface area contributed by atoms with Gasteiger partial charge in [0.1, 0.15) is 5.82 Å². The quantitative estimate of drug-likeness (QED) is 0.704. The first kappa shape index (κ1) is 12.1. The van der Waals surface area contributed by atoms with Crippen molar-refractivity contribution >= 4 is 18.5 Å². The summed E-state index contributed by atoms with van der Waals surface area (Å²) in [7, 11) is -1.86. The summed E-state index contributed by atoms with van der Waals surface area (Å²) in [5.41, 5.74) is 0.746. The van der Waals surface area contributed by atoms with Crippen LogP contribution >= 0.6 is 0 Å². The molecule has 2 N–H and O–H groups in total. The molecule has 4 nitrogen and oxygen atoms in total. The van der Waals surface area contributed by atoms with Crippen LogP contribution in [0, 0.1) is 5.82 Å². The number of carbonyl (C=O) groups excluding carboxylic acids is 1. The van der Waals surface area contributed by atoms with Crippen molar-refractivity contribution in [2.24, 2.45) is 0 Å². The Labute approximate surface area is 98.8 Å². The van der Waals surface area contributed by atoms with Gasteiger partial charge in [-0.1, -0.05) is 6.07 Å². The average Bonchev–Trinajstić information content (AvgIpc) is 2.55. The van der Waals surface area contributed by atoms with Crippen LogP contribution in [0.1, 0.15) is 29.8 Å². The predicted molar refractivity (Wildman–Crippen MR) is 61.2 cm³/mol. The fraction of sp³-hybridized carbons (Fsp3) is 0.364. The van der Waals surface area contributed by atoms with E-state index in [0.717, 1.165) is 6.07 Å². The second-order valence-corrected chi connectivity index (χ2v) is 4.43. The number of hydrogen-bond acceptors (Lipinski definition) is 3. The third kappa shape index (κ3) is 1.94. The second-order valence-electron chi connectivity index (χ2n) is 4.43. The fourth-order valence-electron chi connectivity index (χ4n) is 1.99. The van der Waals surface area contributed by atoms with Crippen molar-refractivity contribution in [3.05, 3.63) is 29.1 Å². The van der Waals surface area contributed by atoms with E-state index in [1.54, 1.807) is 4.90 Å². The Morgan fingerprint density at radius 1 is 1.41 bits per heavy atom. The Bertz CT molecular complexity index is 476. The van der Waals surface area contributed by atoms with E-state index in [9.17, 15) is 9.18 Å². The van der Waals surface area contributed by atoms with Gasteiger partial charge in [0, 0.05) is 23.6 Å². The van der Waals surface area contributed by atoms with Crippen LogP contribution in [0.4, 0.5) is 4.39 Å². The van der Waals surface area contributed by atoms with Crippen LogP contribution in [0.5, 0.6) is 0 Å². The third-order valence-corrected chi connectivity index (χ3v) is 2.96. The van der Waals surface area contributed by atoms with E-state index in [4.69, 9.17) is 10.0 Å². The molecule has 0 fully saturated rings. The first-order valence-corrected chi connectivity index (χ1v) is 5.41. The lowest BCUT2D eigenvalue weighted by molar-refractivity contribution is 0.0730. The molecule has 1 amide bonds. The fourth-order valence-corrected chi connectivity index (χ4v) is 1.99. The van der Waals surface area contributed by atoms with Gasteiger partial charge in [0.15, 0.2) is 0 Å². The van der Waals surface area contributed by atoms with Gasteiger partial charge in [-0.2, -0.15) is 0 Å². The number of carbonyl (C=O) groups is 1. The molecule has 1 aliphatic heterocycles. The van der Waals surface area contributed by atoms with Crippen molar-refractivity contribution in [1.82, 2.24) is 4.90 Å². The molecule has 0 radical (unpaired) electrons. The average molecular weight is 237 g/mol. The monoisotopic (exact) mass is 237 g/mol. The van der Waals surface area contributed by atoms with Gasteiger partial charge in [-0.15, -0.1) is 0 Å². The Morgan fingerprint density at radius 3 is 2.59 bits per heavy atom. The van der Waals surface area contributed by atoms with Crippen molar-refractivity contribution in [2.75, 3.05) is 0 Å². The van der Waals surface area contributed by atoms with E-state index in [0.29, 0.717) is 17.7 Å². The molecule has 1 heterocycles. The number of nitrogens with zero attached hydrogens (tertiary/aromatic N) is 1. The molecule has 6 heteroatoms. The Hall–Kier alpha value is -1.40. The minimum atomic E-state index is -1.86. The predicted octanol–water partition coefficient (Wildman–Crippen LogP) is -0.130. The highest BCUT2D eigenvalue weighted by Gasteiger charge is 2.31. The summed E-state index contributed by atoms with van der Waals surface area (Å²) in [5, 5.41) is 18.0. The maximum absolute atomic E-state index is 13.5. The van der Waals surface area contributed by atoms with E-state index in [1.165, 1.54) is 6.07 Å². The van der Waals surface area contributed by atoms with E-state index in [-0.39, 0.29) is 17.4 Å². The summed E-state index contributed by atoms with van der Waals surface area (Å²) >= 11 is 0. The standard InChI is InChI=1S/C11H13BFNO3/c1-6(2)14-5-7-3-9(12(16)17)10(13)4-8(7)11(14)15/h3-4,6,16-17H,5H2,1-2H3. The van der Waals surface area contributed by atoms with Gasteiger partial charge < -0.3 is 14.9 Å². The summed E-state index contributed by atoms with van der Waals surface area (Å²) in [6.45, 7) is 4.13. The maximum atomic E-state index is 13.5. The summed E-state index contributed by atoms with van der Waals surface area (Å²) in [4.78, 5) is 13.5. The molecule has 0 spiro atoms. The molecule has 90 valence electrons. The number of fused-ring (bicyclic) bond motifs is 1. The zero-order valence-electron chi connectivity index (χ0n) is 9.64. The topological polar surface area (TPSA) is 60.8 Å². The van der Waals surface area contributed by atoms with Crippen molar-refractivity contribution in [3.63, 3.8) is 0 Å². The van der Waals surface area contributed by atoms with Crippen LogP contribution in [-0.4, -0.2) is 34.0 Å². The molecule has 0 bridgehead atoms. The van der Waals surface area contributed by atoms with Crippen LogP contribution in [-0.2, 0) is 6.54 Å². The number of benzene rings is 1. The summed E-state index contributed by atoms with van der Waals surface area (Å²) < 4.78 is 13.5. The third-order valence-electron chi connectivity index (χ3n) is 2.96. The van der Waals surface area contributed by atoms with Gasteiger partial charge in [-0.25, -0.2) is 4.39 Å². The van der Waals surface area contributed by atoms with Crippen LogP contribution in [0.25, 0.3) is 0 Å². The van der Waals surface area contributed by atoms with Crippen molar-refractivity contribution in [2.45, 2.75) is 26.4 Å². The molecule has 0 atom stereocenters. The lowest BCUT2D eigenvalue weighted by Crippen LogP contribution is -2.33. The highest BCUT2D eigenvalue weighted by Crippen LogP contribution is 2.24. The number of rotatable bonds is 2. The Morgan fingerprint density at radius 2 is 2.06 bits per heavy atom. The zero-order chi connectivity index (χ0) is 12.7. The van der Waals surface area contributed by atoms with E-state index in [2.05, 4.69) is 0 Å². The van der Waals surface area contributed by atoms with Gasteiger partial charge in [0.25, 0.3) is 5.91 Å². The minimum absolute atomic E-state index is 0.0282. The molecule has 0 aromatic heterocycles. The lowest BCUT2D eigenvalue weighted by Gasteiger charge is -2.19. The zero-order valence-corrected chi connectivity index (χ0v) is 9.64. The van der Waals surface area contributed by atoms with Gasteiger partial charge in [0.05, 0.1) is 0 Å². The van der Waals surface area contributed by atoms with Crippen LogP contribution in [0.15, 0.2) is 12.1 Å². The second kappa shape index (κ2) is 4.12. The highest BCUT2D eigenvalue weighted by atomic mass is 19.1. The molecule has 17 heavy (non-hydrogen) atoms. The molecule has 1 aromatic carbocycles. The van der Waals surface area contributed by atoms with Crippen LogP contribution in [0.2, 0.25) is 0 Å². The van der Waals surface area contributed by atoms with Crippen molar-refractivity contribution in [3.8, 4) is 0 Å². The van der Waals surface area contributed by atoms with Gasteiger partial charge >= 0.3 is 7.12 Å².